The van der Waals surface area contributed by atoms with Crippen molar-refractivity contribution in [3.05, 3.63) is 23.8 Å². The Bertz CT molecular complexity index is 605. The minimum absolute atomic E-state index is 0. The summed E-state index contributed by atoms with van der Waals surface area (Å²) in [7, 11) is 4.43. The van der Waals surface area contributed by atoms with Crippen LogP contribution < -0.4 is 20.1 Å². The van der Waals surface area contributed by atoms with Gasteiger partial charge in [-0.15, -0.1) is 12.4 Å². The third-order valence-corrected chi connectivity index (χ3v) is 4.34. The van der Waals surface area contributed by atoms with Crippen LogP contribution >= 0.6 is 12.4 Å². The second-order valence-corrected chi connectivity index (χ2v) is 6.01. The first-order valence-electron chi connectivity index (χ1n) is 8.38. The van der Waals surface area contributed by atoms with Gasteiger partial charge in [0.1, 0.15) is 0 Å². The van der Waals surface area contributed by atoms with Crippen molar-refractivity contribution < 1.29 is 23.8 Å². The fraction of sp³-hybridized carbons (Fsp3) is 0.556. The van der Waals surface area contributed by atoms with Gasteiger partial charge in [-0.3, -0.25) is 9.59 Å². The molecular formula is C18H27ClN2O5. The first-order chi connectivity index (χ1) is 12.1. The van der Waals surface area contributed by atoms with Crippen LogP contribution in [0.25, 0.3) is 0 Å². The molecule has 1 heterocycles. The van der Waals surface area contributed by atoms with Crippen LogP contribution in [0.3, 0.4) is 0 Å². The lowest BCUT2D eigenvalue weighted by Crippen LogP contribution is -2.35. The van der Waals surface area contributed by atoms with Gasteiger partial charge in [0.05, 0.1) is 33.8 Å². The number of carbonyl (C=O) groups is 2. The van der Waals surface area contributed by atoms with E-state index in [0.29, 0.717) is 17.9 Å². The van der Waals surface area contributed by atoms with E-state index >= 15 is 0 Å². The summed E-state index contributed by atoms with van der Waals surface area (Å²) in [5, 5.41) is 6.23. The van der Waals surface area contributed by atoms with E-state index in [9.17, 15) is 9.59 Å². The van der Waals surface area contributed by atoms with Crippen LogP contribution in [-0.4, -0.2) is 45.8 Å². The molecule has 1 amide bonds. The van der Waals surface area contributed by atoms with Crippen molar-refractivity contribution in [2.45, 2.75) is 37.8 Å². The largest absolute Gasteiger partial charge is 0.493 e. The maximum Gasteiger partial charge on any atom is 0.307 e. The van der Waals surface area contributed by atoms with Gasteiger partial charge < -0.3 is 24.8 Å². The summed E-state index contributed by atoms with van der Waals surface area (Å²) in [4.78, 5) is 24.1. The lowest BCUT2D eigenvalue weighted by molar-refractivity contribution is -0.141. The lowest BCUT2D eigenvalue weighted by Gasteiger charge is -2.20. The molecule has 1 aromatic carbocycles. The van der Waals surface area contributed by atoms with Crippen molar-refractivity contribution in [2.75, 3.05) is 27.9 Å². The van der Waals surface area contributed by atoms with E-state index in [1.54, 1.807) is 26.4 Å². The fourth-order valence-corrected chi connectivity index (χ4v) is 2.98. The number of rotatable bonds is 8. The first kappa shape index (κ1) is 22.1. The zero-order valence-corrected chi connectivity index (χ0v) is 16.2. The van der Waals surface area contributed by atoms with Gasteiger partial charge in [-0.25, -0.2) is 0 Å². The third kappa shape index (κ3) is 6.07. The molecule has 0 aliphatic carbocycles. The molecule has 0 saturated carbocycles. The number of benzene rings is 1. The second kappa shape index (κ2) is 10.9. The molecule has 1 aliphatic rings. The molecular weight excluding hydrogens is 360 g/mol. The zero-order valence-electron chi connectivity index (χ0n) is 15.4. The number of nitrogens with one attached hydrogen (secondary N) is 2. The number of halogens is 1. The topological polar surface area (TPSA) is 85.9 Å². The lowest BCUT2D eigenvalue weighted by atomic mass is 10.0. The average molecular weight is 387 g/mol. The average Bonchev–Trinajstić information content (AvgIpc) is 3.13. The highest BCUT2D eigenvalue weighted by Gasteiger charge is 2.23. The number of hydrogen-bond donors (Lipinski definition) is 2. The molecule has 2 N–H and O–H groups in total. The maximum atomic E-state index is 12.4. The Morgan fingerprint density at radius 2 is 1.96 bits per heavy atom. The Balaban J connectivity index is 0.00000338. The molecule has 1 aromatic rings. The summed E-state index contributed by atoms with van der Waals surface area (Å²) < 4.78 is 15.3. The number of hydrogen-bond acceptors (Lipinski definition) is 6. The van der Waals surface area contributed by atoms with Gasteiger partial charge in [-0.1, -0.05) is 6.07 Å². The minimum Gasteiger partial charge on any atom is -0.493 e. The highest BCUT2D eigenvalue weighted by Crippen LogP contribution is 2.31. The molecule has 26 heavy (non-hydrogen) atoms. The molecule has 2 atom stereocenters. The summed E-state index contributed by atoms with van der Waals surface area (Å²) in [6.07, 6.45) is 2.52. The van der Waals surface area contributed by atoms with Crippen molar-refractivity contribution in [1.82, 2.24) is 10.6 Å². The fourth-order valence-electron chi connectivity index (χ4n) is 2.98. The predicted molar refractivity (Wildman–Crippen MR) is 100.0 cm³/mol. The summed E-state index contributed by atoms with van der Waals surface area (Å²) in [5.74, 6) is 0.647. The second-order valence-electron chi connectivity index (χ2n) is 6.01. The SMILES string of the molecule is COC(=O)CC(NC(=O)CC1CCCN1)c1ccc(OC)c(OC)c1.Cl. The van der Waals surface area contributed by atoms with Crippen LogP contribution in [0.4, 0.5) is 0 Å². The predicted octanol–water partition coefficient (Wildman–Crippen LogP) is 1.99. The van der Waals surface area contributed by atoms with Crippen LogP contribution in [0.1, 0.15) is 37.3 Å². The van der Waals surface area contributed by atoms with Crippen LogP contribution in [-0.2, 0) is 14.3 Å². The highest BCUT2D eigenvalue weighted by molar-refractivity contribution is 5.85. The molecule has 2 rings (SSSR count). The monoisotopic (exact) mass is 386 g/mol. The van der Waals surface area contributed by atoms with Crippen molar-refractivity contribution in [1.29, 1.82) is 0 Å². The summed E-state index contributed by atoms with van der Waals surface area (Å²) in [6.45, 7) is 0.944. The van der Waals surface area contributed by atoms with Gasteiger partial charge in [0.2, 0.25) is 5.91 Å². The molecule has 0 bridgehead atoms. The summed E-state index contributed by atoms with van der Waals surface area (Å²) in [6, 6.07) is 5.04. The molecule has 1 saturated heterocycles. The smallest absolute Gasteiger partial charge is 0.307 e. The summed E-state index contributed by atoms with van der Waals surface area (Å²) >= 11 is 0. The number of esters is 1. The number of methoxy groups -OCH3 is 3. The first-order valence-corrected chi connectivity index (χ1v) is 8.38. The van der Waals surface area contributed by atoms with Crippen molar-refractivity contribution >= 4 is 24.3 Å². The Morgan fingerprint density at radius 3 is 2.54 bits per heavy atom. The molecule has 8 heteroatoms. The minimum atomic E-state index is -0.485. The van der Waals surface area contributed by atoms with Gasteiger partial charge in [0.15, 0.2) is 11.5 Å². The van der Waals surface area contributed by atoms with Gasteiger partial charge in [-0.2, -0.15) is 0 Å². The van der Waals surface area contributed by atoms with E-state index in [1.807, 2.05) is 6.07 Å². The molecule has 7 nitrogen and oxygen atoms in total. The Hall–Kier alpha value is -1.99. The zero-order chi connectivity index (χ0) is 18.2. The van der Waals surface area contributed by atoms with Gasteiger partial charge in [-0.05, 0) is 37.1 Å². The molecule has 1 fully saturated rings. The van der Waals surface area contributed by atoms with E-state index in [0.717, 1.165) is 24.9 Å². The maximum absolute atomic E-state index is 12.4. The van der Waals surface area contributed by atoms with Crippen LogP contribution in [0.2, 0.25) is 0 Å². The highest BCUT2D eigenvalue weighted by atomic mass is 35.5. The van der Waals surface area contributed by atoms with E-state index in [1.165, 1.54) is 7.11 Å². The van der Waals surface area contributed by atoms with Crippen LogP contribution in [0.5, 0.6) is 11.5 Å². The standard InChI is InChI=1S/C18H26N2O5.ClH/c1-23-15-7-6-12(9-16(15)24-2)14(11-18(22)25-3)20-17(21)10-13-5-4-8-19-13;/h6-7,9,13-14,19H,4-5,8,10-11H2,1-3H3,(H,20,21);1H. The van der Waals surface area contributed by atoms with Crippen LogP contribution in [0.15, 0.2) is 18.2 Å². The third-order valence-electron chi connectivity index (χ3n) is 4.34. The van der Waals surface area contributed by atoms with Gasteiger partial charge >= 0.3 is 5.97 Å². The van der Waals surface area contributed by atoms with Crippen molar-refractivity contribution in [2.24, 2.45) is 0 Å². The quantitative estimate of drug-likeness (QED) is 0.664. The molecule has 0 aromatic heterocycles. The number of ether oxygens (including phenoxy) is 3. The van der Waals surface area contributed by atoms with E-state index in [2.05, 4.69) is 10.6 Å². The summed E-state index contributed by atoms with van der Waals surface area (Å²) in [5.41, 5.74) is 0.760. The molecule has 1 aliphatic heterocycles. The van der Waals surface area contributed by atoms with Crippen LogP contribution in [0, 0.1) is 0 Å². The van der Waals surface area contributed by atoms with E-state index < -0.39 is 6.04 Å². The Kier molecular flexibility index (Phi) is 9.23. The Morgan fingerprint density at radius 1 is 1.23 bits per heavy atom. The van der Waals surface area contributed by atoms with E-state index in [4.69, 9.17) is 14.2 Å². The van der Waals surface area contributed by atoms with Gasteiger partial charge in [0.25, 0.3) is 0 Å². The number of carbonyl (C=O) groups excluding carboxylic acids is 2. The van der Waals surface area contributed by atoms with Crippen molar-refractivity contribution in [3.8, 4) is 11.5 Å². The van der Waals surface area contributed by atoms with Crippen molar-refractivity contribution in [3.63, 3.8) is 0 Å². The van der Waals surface area contributed by atoms with Gasteiger partial charge in [0, 0.05) is 12.5 Å². The molecule has 2 unspecified atom stereocenters. The normalized spacial score (nSPS) is 17.0. The molecule has 0 spiro atoms. The number of amides is 1. The molecule has 0 radical (unpaired) electrons. The molecule has 146 valence electrons. The Labute approximate surface area is 160 Å². The van der Waals surface area contributed by atoms with E-state index in [-0.39, 0.29) is 36.7 Å².